The van der Waals surface area contributed by atoms with Crippen molar-refractivity contribution in [2.24, 2.45) is 20.6 Å². The van der Waals surface area contributed by atoms with Gasteiger partial charge in [0.05, 0.1) is 27.9 Å². The van der Waals surface area contributed by atoms with Crippen molar-refractivity contribution in [3.8, 4) is 15.4 Å². The first-order valence-electron chi connectivity index (χ1n) is 24.2. The molecular formula is C54H50ClF4N11O5S2. The number of carbonyl (C=O) groups is 4. The molecule has 0 spiro atoms. The summed E-state index contributed by atoms with van der Waals surface area (Å²) in [6.45, 7) is 12.4. The summed E-state index contributed by atoms with van der Waals surface area (Å²) in [7, 11) is 0. The number of azo groups is 1. The monoisotopic (exact) mass is 1110 g/mol. The van der Waals surface area contributed by atoms with Crippen molar-refractivity contribution >= 4 is 75.0 Å². The maximum absolute atomic E-state index is 15.6. The molecule has 4 amide bonds. The van der Waals surface area contributed by atoms with E-state index in [0.29, 0.717) is 46.6 Å². The van der Waals surface area contributed by atoms with Crippen molar-refractivity contribution in [1.82, 2.24) is 40.6 Å². The number of thiazole rings is 1. The Bertz CT molecular complexity index is 3490. The summed E-state index contributed by atoms with van der Waals surface area (Å²) in [5.74, 6) is -7.83. The van der Waals surface area contributed by atoms with Crippen molar-refractivity contribution in [2.45, 2.75) is 85.7 Å². The Morgan fingerprint density at radius 1 is 0.831 bits per heavy atom. The molecule has 0 saturated carbocycles. The Hall–Kier alpha value is -7.53. The van der Waals surface area contributed by atoms with Gasteiger partial charge in [-0.3, -0.25) is 28.7 Å². The van der Waals surface area contributed by atoms with Gasteiger partial charge in [0.15, 0.2) is 40.5 Å². The van der Waals surface area contributed by atoms with E-state index in [4.69, 9.17) is 16.6 Å². The van der Waals surface area contributed by atoms with Crippen LogP contribution in [0.2, 0.25) is 5.02 Å². The summed E-state index contributed by atoms with van der Waals surface area (Å²) < 4.78 is 64.2. The Balaban J connectivity index is 0.864. The standard InChI is InChI=1S/C54H50ClF4N11O5S2/c1-25-27(3)77-53-42(25)43(30-12-14-34(55)15-13-30)63-40(48-68-65-28(4)70(48)53)22-61-49(72)32-16-36(56)44(37(57)17-32)66-67-45-38(58)18-33(19-39(45)59)50(73)64-47(54(5,6)7)52(75)69-23-35(71)20-41(69)51(74)60-21-29-8-10-31(11-9-29)46-26(2)62-24-76-46/h8-19,24,35,40-41,47,71H,20-23H2,1-7H3,(H,60,74)(H,61,72)(H,64,73)/t35-,40+,41+,47-/m1/s1. The van der Waals surface area contributed by atoms with Gasteiger partial charge in [0.25, 0.3) is 11.8 Å². The third-order valence-corrected chi connectivity index (χ3v) is 15.7. The second-order valence-electron chi connectivity index (χ2n) is 19.7. The van der Waals surface area contributed by atoms with Crippen molar-refractivity contribution in [3.63, 3.8) is 0 Å². The summed E-state index contributed by atoms with van der Waals surface area (Å²) in [4.78, 5) is 67.5. The van der Waals surface area contributed by atoms with Gasteiger partial charge in [-0.05, 0) is 86.2 Å². The Morgan fingerprint density at radius 3 is 2.01 bits per heavy atom. The Kier molecular flexibility index (Phi) is 15.4. The number of halogens is 5. The lowest BCUT2D eigenvalue weighted by Crippen LogP contribution is -2.57. The minimum Gasteiger partial charge on any atom is -0.391 e. The van der Waals surface area contributed by atoms with E-state index in [1.165, 1.54) is 27.6 Å². The minimum absolute atomic E-state index is 0.0707. The van der Waals surface area contributed by atoms with E-state index in [0.717, 1.165) is 48.3 Å². The smallest absolute Gasteiger partial charge is 0.252 e. The number of aliphatic hydroxyl groups is 1. The van der Waals surface area contributed by atoms with Crippen molar-refractivity contribution in [3.05, 3.63) is 162 Å². The molecular weight excluding hydrogens is 1060 g/mol. The summed E-state index contributed by atoms with van der Waals surface area (Å²) in [5, 5.41) is 35.6. The number of nitrogens with one attached hydrogen (secondary N) is 3. The highest BCUT2D eigenvalue weighted by atomic mass is 35.5. The summed E-state index contributed by atoms with van der Waals surface area (Å²) in [5.41, 5.74) is 3.46. The maximum Gasteiger partial charge on any atom is 0.252 e. The first kappa shape index (κ1) is 54.3. The summed E-state index contributed by atoms with van der Waals surface area (Å²) in [6.07, 6.45) is -1.12. The number of carbonyl (C=O) groups excluding carboxylic acids is 4. The third kappa shape index (κ3) is 11.2. The van der Waals surface area contributed by atoms with Gasteiger partial charge < -0.3 is 26.0 Å². The molecule has 1 saturated heterocycles. The molecule has 16 nitrogen and oxygen atoms in total. The van der Waals surface area contributed by atoms with Gasteiger partial charge in [-0.25, -0.2) is 22.5 Å². The van der Waals surface area contributed by atoms with E-state index >= 15 is 17.6 Å². The van der Waals surface area contributed by atoms with Crippen molar-refractivity contribution in [1.29, 1.82) is 0 Å². The van der Waals surface area contributed by atoms with Crippen LogP contribution < -0.4 is 16.0 Å². The minimum atomic E-state index is -1.44. The van der Waals surface area contributed by atoms with E-state index in [1.54, 1.807) is 45.3 Å². The second kappa shape index (κ2) is 21.8. The number of aromatic nitrogens is 4. The molecule has 2 aliphatic rings. The number of hydrogen-bond donors (Lipinski definition) is 4. The predicted octanol–water partition coefficient (Wildman–Crippen LogP) is 10.1. The van der Waals surface area contributed by atoms with Crippen LogP contribution >= 0.6 is 34.3 Å². The van der Waals surface area contributed by atoms with Gasteiger partial charge >= 0.3 is 0 Å². The molecule has 0 unspecified atom stereocenters. The lowest BCUT2D eigenvalue weighted by atomic mass is 9.85. The molecule has 5 heterocycles. The van der Waals surface area contributed by atoms with E-state index in [-0.39, 0.29) is 26.1 Å². The number of amides is 4. The zero-order chi connectivity index (χ0) is 55.2. The van der Waals surface area contributed by atoms with Gasteiger partial charge in [-0.1, -0.05) is 68.8 Å². The fourth-order valence-electron chi connectivity index (χ4n) is 9.10. The van der Waals surface area contributed by atoms with Crippen LogP contribution in [0.15, 0.2) is 93.5 Å². The molecule has 0 aliphatic carbocycles. The molecule has 4 aromatic carbocycles. The van der Waals surface area contributed by atoms with Crippen LogP contribution in [0, 0.1) is 56.4 Å². The van der Waals surface area contributed by atoms with E-state index in [2.05, 4.69) is 41.4 Å². The van der Waals surface area contributed by atoms with Gasteiger partial charge in [0, 0.05) is 58.2 Å². The quantitative estimate of drug-likeness (QED) is 0.0644. The lowest BCUT2D eigenvalue weighted by Gasteiger charge is -2.35. The highest BCUT2D eigenvalue weighted by Gasteiger charge is 2.45. The normalized spacial score (nSPS) is 16.7. The molecule has 0 radical (unpaired) electrons. The maximum atomic E-state index is 15.6. The number of rotatable bonds is 13. The molecule has 4 N–H and O–H groups in total. The summed E-state index contributed by atoms with van der Waals surface area (Å²) >= 11 is 9.27. The Morgan fingerprint density at radius 2 is 1.43 bits per heavy atom. The van der Waals surface area contributed by atoms with Crippen LogP contribution in [-0.2, 0) is 16.1 Å². The first-order valence-corrected chi connectivity index (χ1v) is 26.3. The number of aliphatic imine (C=N–C) groups is 1. The van der Waals surface area contributed by atoms with Crippen LogP contribution in [-0.4, -0.2) is 90.4 Å². The highest BCUT2D eigenvalue weighted by molar-refractivity contribution is 7.15. The van der Waals surface area contributed by atoms with Crippen molar-refractivity contribution in [2.75, 3.05) is 13.1 Å². The van der Waals surface area contributed by atoms with Gasteiger partial charge in [0.1, 0.15) is 29.0 Å². The van der Waals surface area contributed by atoms with Crippen LogP contribution in [0.5, 0.6) is 0 Å². The molecule has 9 rings (SSSR count). The van der Waals surface area contributed by atoms with Crippen LogP contribution in [0.1, 0.15) is 98.4 Å². The molecule has 23 heteroatoms. The zero-order valence-electron chi connectivity index (χ0n) is 42.5. The highest BCUT2D eigenvalue weighted by Crippen LogP contribution is 2.39. The number of benzene rings is 4. The van der Waals surface area contributed by atoms with E-state index in [1.807, 2.05) is 61.7 Å². The number of likely N-dealkylation sites (tertiary alicyclic amines) is 1. The molecule has 1 fully saturated rings. The first-order chi connectivity index (χ1) is 36.6. The Labute approximate surface area is 452 Å². The fraction of sp³-hybridized carbons (Fsp3) is 0.296. The average molecular weight is 1110 g/mol. The molecule has 4 atom stereocenters. The largest absolute Gasteiger partial charge is 0.391 e. The van der Waals surface area contributed by atoms with E-state index < -0.39 is 99.0 Å². The number of fused-ring (bicyclic) bond motifs is 3. The second-order valence-corrected chi connectivity index (χ2v) is 22.2. The topological polar surface area (TPSA) is 209 Å². The number of aliphatic hydroxyl groups excluding tert-OH is 1. The SMILES string of the molecule is Cc1ncsc1-c1ccc(CNC(=O)[C@@H]2C[C@@H](O)CN2C(=O)[C@@H](NC(=O)c2cc(F)c(N=Nc3c(F)cc(C(=O)NC[C@@H]4N=C(c5ccc(Cl)cc5)c5c(sc(C)c5C)-n5c(C)nnc54)cc3F)c(F)c2)C(C)(C)C)cc1. The number of aryl methyl sites for hydroxylation is 3. The lowest BCUT2D eigenvalue weighted by molar-refractivity contribution is -0.142. The number of nitrogens with zero attached hydrogens (tertiary/aromatic N) is 8. The van der Waals surface area contributed by atoms with Gasteiger partial charge in [-0.15, -0.1) is 43.1 Å². The van der Waals surface area contributed by atoms with Gasteiger partial charge in [-0.2, -0.15) is 0 Å². The molecule has 3 aromatic heterocycles. The van der Waals surface area contributed by atoms with E-state index in [9.17, 15) is 24.3 Å². The van der Waals surface area contributed by atoms with Crippen LogP contribution in [0.4, 0.5) is 28.9 Å². The molecule has 77 heavy (non-hydrogen) atoms. The average Bonchev–Trinajstić information content (AvgIpc) is 4.15. The van der Waals surface area contributed by atoms with Crippen LogP contribution in [0.25, 0.3) is 15.4 Å². The molecule has 398 valence electrons. The van der Waals surface area contributed by atoms with Crippen LogP contribution in [0.3, 0.4) is 0 Å². The molecule has 2 aliphatic heterocycles. The number of thiophene rings is 1. The third-order valence-electron chi connectivity index (χ3n) is 13.3. The molecule has 7 aromatic rings. The van der Waals surface area contributed by atoms with Crippen molar-refractivity contribution < 1.29 is 41.8 Å². The fourth-order valence-corrected chi connectivity index (χ4v) is 11.3. The zero-order valence-corrected chi connectivity index (χ0v) is 44.9. The number of hydrogen-bond acceptors (Lipinski definition) is 13. The summed E-state index contributed by atoms with van der Waals surface area (Å²) in [6, 6.07) is 14.0. The number of β-amino-alcohol motifs (C(OH)–C–C–N with tert-alkyl or cyclic N) is 1. The van der Waals surface area contributed by atoms with Gasteiger partial charge in [0.2, 0.25) is 11.8 Å². The predicted molar refractivity (Wildman–Crippen MR) is 283 cm³/mol. The molecule has 0 bridgehead atoms.